The minimum atomic E-state index is -0.932. The van der Waals surface area contributed by atoms with Gasteiger partial charge in [-0.3, -0.25) is 0 Å². The van der Waals surface area contributed by atoms with Crippen LogP contribution < -0.4 is 19.9 Å². The Morgan fingerprint density at radius 2 is 1.57 bits per heavy atom. The van der Waals surface area contributed by atoms with E-state index in [9.17, 15) is 0 Å². The van der Waals surface area contributed by atoms with Gasteiger partial charge in [0.15, 0.2) is 17.3 Å². The van der Waals surface area contributed by atoms with Crippen LogP contribution in [0, 0.1) is 0 Å². The van der Waals surface area contributed by atoms with Crippen molar-refractivity contribution < 1.29 is 23.7 Å². The maximum atomic E-state index is 6.82. The normalized spacial score (nSPS) is 17.4. The largest absolute Gasteiger partial charge is 0.493 e. The van der Waals surface area contributed by atoms with Crippen LogP contribution in [0.5, 0.6) is 17.2 Å². The van der Waals surface area contributed by atoms with E-state index in [2.05, 4.69) is 6.92 Å². The zero-order valence-electron chi connectivity index (χ0n) is 18.0. The SMILES string of the molecule is CCC(N)(CCC1(c2cc(OC)c(OC)c(OC)c2)OCCO1)c1ccc(Cl)cc1. The number of hydrogen-bond acceptors (Lipinski definition) is 6. The highest BCUT2D eigenvalue weighted by atomic mass is 35.5. The number of halogens is 1. The summed E-state index contributed by atoms with van der Waals surface area (Å²) < 4.78 is 28.8. The summed E-state index contributed by atoms with van der Waals surface area (Å²) in [7, 11) is 4.76. The summed E-state index contributed by atoms with van der Waals surface area (Å²) in [5, 5.41) is 0.688. The van der Waals surface area contributed by atoms with Gasteiger partial charge in [0.2, 0.25) is 5.75 Å². The predicted octanol–water partition coefficient (Wildman–Crippen LogP) is 4.61. The molecule has 164 valence electrons. The summed E-state index contributed by atoms with van der Waals surface area (Å²) in [6.07, 6.45) is 1.99. The van der Waals surface area contributed by atoms with E-state index in [1.165, 1.54) is 0 Å². The molecule has 0 radical (unpaired) electrons. The van der Waals surface area contributed by atoms with E-state index in [4.69, 9.17) is 41.0 Å². The monoisotopic (exact) mass is 435 g/mol. The maximum Gasteiger partial charge on any atom is 0.203 e. The van der Waals surface area contributed by atoms with Crippen LogP contribution in [-0.2, 0) is 20.8 Å². The molecule has 0 saturated carbocycles. The van der Waals surface area contributed by atoms with E-state index in [1.54, 1.807) is 21.3 Å². The molecular formula is C23H30ClNO5. The average molecular weight is 436 g/mol. The molecule has 3 rings (SSSR count). The molecule has 2 aromatic carbocycles. The van der Waals surface area contributed by atoms with Crippen molar-refractivity contribution in [3.05, 3.63) is 52.5 Å². The van der Waals surface area contributed by atoms with Crippen molar-refractivity contribution >= 4 is 11.6 Å². The molecule has 0 aromatic heterocycles. The Kier molecular flexibility index (Phi) is 7.14. The number of nitrogens with two attached hydrogens (primary N) is 1. The molecule has 0 amide bonds. The molecule has 2 aromatic rings. The molecule has 1 fully saturated rings. The van der Waals surface area contributed by atoms with Gasteiger partial charge < -0.3 is 29.4 Å². The van der Waals surface area contributed by atoms with E-state index >= 15 is 0 Å². The van der Waals surface area contributed by atoms with Gasteiger partial charge in [0.05, 0.1) is 34.5 Å². The van der Waals surface area contributed by atoms with Gasteiger partial charge in [-0.2, -0.15) is 0 Å². The van der Waals surface area contributed by atoms with Crippen LogP contribution in [0.4, 0.5) is 0 Å². The lowest BCUT2D eigenvalue weighted by molar-refractivity contribution is -0.174. The molecule has 0 bridgehead atoms. The molecular weight excluding hydrogens is 406 g/mol. The van der Waals surface area contributed by atoms with E-state index in [0.717, 1.165) is 17.5 Å². The Labute approximate surface area is 183 Å². The molecule has 0 aliphatic carbocycles. The van der Waals surface area contributed by atoms with Crippen molar-refractivity contribution in [1.82, 2.24) is 0 Å². The van der Waals surface area contributed by atoms with E-state index in [0.29, 0.717) is 48.3 Å². The smallest absolute Gasteiger partial charge is 0.203 e. The van der Waals surface area contributed by atoms with Gasteiger partial charge in [-0.15, -0.1) is 0 Å². The van der Waals surface area contributed by atoms with E-state index < -0.39 is 11.3 Å². The summed E-state index contributed by atoms with van der Waals surface area (Å²) in [5.74, 6) is 0.703. The highest BCUT2D eigenvalue weighted by molar-refractivity contribution is 6.30. The molecule has 7 heteroatoms. The summed E-state index contributed by atoms with van der Waals surface area (Å²) in [6.45, 7) is 3.08. The fourth-order valence-corrected chi connectivity index (χ4v) is 4.03. The van der Waals surface area contributed by atoms with Crippen molar-refractivity contribution in [2.24, 2.45) is 5.73 Å². The summed E-state index contributed by atoms with van der Waals surface area (Å²) >= 11 is 6.05. The molecule has 1 atom stereocenters. The fraction of sp³-hybridized carbons (Fsp3) is 0.478. The van der Waals surface area contributed by atoms with Gasteiger partial charge in [-0.25, -0.2) is 0 Å². The predicted molar refractivity (Wildman–Crippen MR) is 117 cm³/mol. The zero-order valence-corrected chi connectivity index (χ0v) is 18.8. The van der Waals surface area contributed by atoms with Gasteiger partial charge in [0.1, 0.15) is 0 Å². The highest BCUT2D eigenvalue weighted by Gasteiger charge is 2.42. The molecule has 1 unspecified atom stereocenters. The molecule has 6 nitrogen and oxygen atoms in total. The zero-order chi connectivity index (χ0) is 21.8. The second kappa shape index (κ2) is 9.43. The van der Waals surface area contributed by atoms with Crippen LogP contribution in [0.15, 0.2) is 36.4 Å². The first-order valence-corrected chi connectivity index (χ1v) is 10.4. The lowest BCUT2D eigenvalue weighted by Gasteiger charge is -2.35. The van der Waals surface area contributed by atoms with Crippen LogP contribution in [0.1, 0.15) is 37.3 Å². The first kappa shape index (κ1) is 22.7. The molecule has 1 heterocycles. The van der Waals surface area contributed by atoms with E-state index in [1.807, 2.05) is 36.4 Å². The second-order valence-corrected chi connectivity index (χ2v) is 7.82. The molecule has 1 aliphatic rings. The Morgan fingerprint density at radius 1 is 1.00 bits per heavy atom. The first-order chi connectivity index (χ1) is 14.4. The van der Waals surface area contributed by atoms with Crippen LogP contribution in [0.3, 0.4) is 0 Å². The van der Waals surface area contributed by atoms with Gasteiger partial charge >= 0.3 is 0 Å². The fourth-order valence-electron chi connectivity index (χ4n) is 3.91. The number of ether oxygens (including phenoxy) is 5. The number of benzene rings is 2. The maximum absolute atomic E-state index is 6.82. The minimum Gasteiger partial charge on any atom is -0.493 e. The topological polar surface area (TPSA) is 72.2 Å². The molecule has 1 saturated heterocycles. The summed E-state index contributed by atoms with van der Waals surface area (Å²) in [6, 6.07) is 11.4. The van der Waals surface area contributed by atoms with Gasteiger partial charge in [0.25, 0.3) is 0 Å². The van der Waals surface area contributed by atoms with Crippen molar-refractivity contribution in [1.29, 1.82) is 0 Å². The van der Waals surface area contributed by atoms with E-state index in [-0.39, 0.29) is 0 Å². The van der Waals surface area contributed by atoms with Crippen LogP contribution in [-0.4, -0.2) is 34.5 Å². The van der Waals surface area contributed by atoms with Crippen molar-refractivity contribution in [2.45, 2.75) is 37.5 Å². The molecule has 0 spiro atoms. The second-order valence-electron chi connectivity index (χ2n) is 7.38. The third-order valence-electron chi connectivity index (χ3n) is 5.81. The Bertz CT molecular complexity index is 826. The standard InChI is InChI=1S/C23H30ClNO5/c1-5-22(25,16-6-8-18(24)9-7-16)10-11-23(29-12-13-30-23)17-14-19(26-2)21(28-4)20(15-17)27-3/h6-9,14-15H,5,10-13,25H2,1-4H3. The third-order valence-corrected chi connectivity index (χ3v) is 6.06. The van der Waals surface area contributed by atoms with Crippen LogP contribution in [0.2, 0.25) is 5.02 Å². The minimum absolute atomic E-state index is 0.501. The Morgan fingerprint density at radius 3 is 2.03 bits per heavy atom. The highest BCUT2D eigenvalue weighted by Crippen LogP contribution is 2.46. The molecule has 2 N–H and O–H groups in total. The van der Waals surface area contributed by atoms with Crippen molar-refractivity contribution in [3.63, 3.8) is 0 Å². The van der Waals surface area contributed by atoms with Crippen LogP contribution >= 0.6 is 11.6 Å². The molecule has 30 heavy (non-hydrogen) atoms. The number of methoxy groups -OCH3 is 3. The van der Waals surface area contributed by atoms with Gasteiger partial charge in [0, 0.05) is 22.5 Å². The Balaban J connectivity index is 1.94. The first-order valence-electron chi connectivity index (χ1n) is 10.0. The number of rotatable bonds is 9. The molecule has 1 aliphatic heterocycles. The quantitative estimate of drug-likeness (QED) is 0.620. The van der Waals surface area contributed by atoms with Crippen molar-refractivity contribution in [2.75, 3.05) is 34.5 Å². The third kappa shape index (κ3) is 4.37. The van der Waals surface area contributed by atoms with Crippen molar-refractivity contribution in [3.8, 4) is 17.2 Å². The summed E-state index contributed by atoms with van der Waals surface area (Å²) in [5.41, 5.74) is 8.13. The lowest BCUT2D eigenvalue weighted by atomic mass is 9.82. The van der Waals surface area contributed by atoms with Crippen LogP contribution in [0.25, 0.3) is 0 Å². The summed E-state index contributed by atoms with van der Waals surface area (Å²) in [4.78, 5) is 0. The van der Waals surface area contributed by atoms with Gasteiger partial charge in [-0.05, 0) is 42.7 Å². The lowest BCUT2D eigenvalue weighted by Crippen LogP contribution is -2.39. The van der Waals surface area contributed by atoms with Gasteiger partial charge in [-0.1, -0.05) is 30.7 Å². The average Bonchev–Trinajstić information content (AvgIpc) is 3.27. The Hall–Kier alpha value is -1.99. The number of hydrogen-bond donors (Lipinski definition) is 1.